The Morgan fingerprint density at radius 2 is 1.62 bits per heavy atom. The van der Waals surface area contributed by atoms with Crippen LogP contribution < -0.4 is 24.4 Å². The SMILES string of the molecule is COc1ccc(CC(=O)Nc2ccc(N3CCC(C)CC3)cc2)c(OC)c1OC. The van der Waals surface area contributed by atoms with Crippen LogP contribution in [0.2, 0.25) is 0 Å². The lowest BCUT2D eigenvalue weighted by Gasteiger charge is -2.32. The zero-order chi connectivity index (χ0) is 20.8. The van der Waals surface area contributed by atoms with Gasteiger partial charge >= 0.3 is 0 Å². The van der Waals surface area contributed by atoms with E-state index in [1.54, 1.807) is 27.4 Å². The lowest BCUT2D eigenvalue weighted by atomic mass is 9.99. The Morgan fingerprint density at radius 1 is 0.966 bits per heavy atom. The van der Waals surface area contributed by atoms with Crippen molar-refractivity contribution in [1.82, 2.24) is 0 Å². The van der Waals surface area contributed by atoms with E-state index in [4.69, 9.17) is 14.2 Å². The molecule has 2 aromatic rings. The summed E-state index contributed by atoms with van der Waals surface area (Å²) in [5, 5.41) is 2.96. The lowest BCUT2D eigenvalue weighted by molar-refractivity contribution is -0.115. The second-order valence-corrected chi connectivity index (χ2v) is 7.43. The molecule has 1 fully saturated rings. The standard InChI is InChI=1S/C23H30N2O4/c1-16-11-13-25(14-12-16)19-8-6-18(7-9-19)24-21(26)15-17-5-10-20(27-2)23(29-4)22(17)28-3/h5-10,16H,11-15H2,1-4H3,(H,24,26). The van der Waals surface area contributed by atoms with E-state index >= 15 is 0 Å². The number of amides is 1. The Hall–Kier alpha value is -2.89. The maximum absolute atomic E-state index is 12.6. The molecule has 29 heavy (non-hydrogen) atoms. The summed E-state index contributed by atoms with van der Waals surface area (Å²) in [5.41, 5.74) is 2.72. The van der Waals surface area contributed by atoms with Crippen LogP contribution in [0.5, 0.6) is 17.2 Å². The predicted molar refractivity (Wildman–Crippen MR) is 115 cm³/mol. The van der Waals surface area contributed by atoms with Crippen molar-refractivity contribution in [2.45, 2.75) is 26.2 Å². The summed E-state index contributed by atoms with van der Waals surface area (Å²) in [4.78, 5) is 15.0. The number of benzene rings is 2. The van der Waals surface area contributed by atoms with Crippen molar-refractivity contribution in [2.24, 2.45) is 5.92 Å². The molecule has 1 saturated heterocycles. The van der Waals surface area contributed by atoms with E-state index < -0.39 is 0 Å². The van der Waals surface area contributed by atoms with Gasteiger partial charge in [-0.25, -0.2) is 0 Å². The molecule has 156 valence electrons. The summed E-state index contributed by atoms with van der Waals surface area (Å²) in [6.45, 7) is 4.49. The van der Waals surface area contributed by atoms with E-state index in [1.807, 2.05) is 18.2 Å². The normalized spacial score (nSPS) is 14.4. The Labute approximate surface area is 172 Å². The van der Waals surface area contributed by atoms with Gasteiger partial charge in [-0.15, -0.1) is 0 Å². The largest absolute Gasteiger partial charge is 0.493 e. The highest BCUT2D eigenvalue weighted by molar-refractivity contribution is 5.93. The molecule has 0 aliphatic carbocycles. The van der Waals surface area contributed by atoms with Gasteiger partial charge in [-0.1, -0.05) is 13.0 Å². The van der Waals surface area contributed by atoms with Crippen molar-refractivity contribution < 1.29 is 19.0 Å². The molecule has 0 radical (unpaired) electrons. The Balaban J connectivity index is 1.65. The molecule has 1 aliphatic heterocycles. The van der Waals surface area contributed by atoms with E-state index in [9.17, 15) is 4.79 Å². The molecule has 2 aromatic carbocycles. The average Bonchev–Trinajstić information content (AvgIpc) is 2.74. The highest BCUT2D eigenvalue weighted by atomic mass is 16.5. The summed E-state index contributed by atoms with van der Waals surface area (Å²) >= 11 is 0. The first kappa shape index (κ1) is 20.8. The fourth-order valence-corrected chi connectivity index (χ4v) is 3.70. The summed E-state index contributed by atoms with van der Waals surface area (Å²) < 4.78 is 16.1. The van der Waals surface area contributed by atoms with Gasteiger partial charge in [0.1, 0.15) is 0 Å². The van der Waals surface area contributed by atoms with E-state index in [0.29, 0.717) is 17.2 Å². The molecule has 0 bridgehead atoms. The number of carbonyl (C=O) groups excluding carboxylic acids is 1. The van der Waals surface area contributed by atoms with Crippen LogP contribution in [0.25, 0.3) is 0 Å². The Kier molecular flexibility index (Phi) is 6.86. The van der Waals surface area contributed by atoms with E-state index in [-0.39, 0.29) is 12.3 Å². The minimum Gasteiger partial charge on any atom is -0.493 e. The molecule has 0 atom stereocenters. The molecule has 1 amide bonds. The predicted octanol–water partition coefficient (Wildman–Crippen LogP) is 4.13. The maximum Gasteiger partial charge on any atom is 0.228 e. The van der Waals surface area contributed by atoms with Gasteiger partial charge < -0.3 is 24.4 Å². The molecule has 0 saturated carbocycles. The number of carbonyl (C=O) groups is 1. The maximum atomic E-state index is 12.6. The fourth-order valence-electron chi connectivity index (χ4n) is 3.70. The summed E-state index contributed by atoms with van der Waals surface area (Å²) in [5.74, 6) is 2.25. The number of anilines is 2. The summed E-state index contributed by atoms with van der Waals surface area (Å²) in [6.07, 6.45) is 2.63. The van der Waals surface area contributed by atoms with Crippen LogP contribution in [0.1, 0.15) is 25.3 Å². The number of methoxy groups -OCH3 is 3. The Morgan fingerprint density at radius 3 is 2.21 bits per heavy atom. The number of rotatable bonds is 7. The van der Waals surface area contributed by atoms with Crippen molar-refractivity contribution >= 4 is 17.3 Å². The van der Waals surface area contributed by atoms with E-state index in [1.165, 1.54) is 18.5 Å². The number of hydrogen-bond donors (Lipinski definition) is 1. The van der Waals surface area contributed by atoms with Crippen LogP contribution >= 0.6 is 0 Å². The Bertz CT molecular complexity index is 828. The number of piperidine rings is 1. The van der Waals surface area contributed by atoms with Crippen LogP contribution in [0.15, 0.2) is 36.4 Å². The van der Waals surface area contributed by atoms with Gasteiger partial charge in [0, 0.05) is 30.0 Å². The van der Waals surface area contributed by atoms with E-state index in [0.717, 1.165) is 30.3 Å². The zero-order valence-electron chi connectivity index (χ0n) is 17.7. The van der Waals surface area contributed by atoms with Gasteiger partial charge in [0.05, 0.1) is 27.8 Å². The molecule has 0 unspecified atom stereocenters. The van der Waals surface area contributed by atoms with Crippen LogP contribution in [0.4, 0.5) is 11.4 Å². The third kappa shape index (κ3) is 4.94. The number of nitrogens with one attached hydrogen (secondary N) is 1. The third-order valence-corrected chi connectivity index (χ3v) is 5.44. The van der Waals surface area contributed by atoms with Crippen molar-refractivity contribution in [2.75, 3.05) is 44.6 Å². The smallest absolute Gasteiger partial charge is 0.228 e. The molecule has 0 spiro atoms. The molecular weight excluding hydrogens is 368 g/mol. The number of hydrogen-bond acceptors (Lipinski definition) is 5. The van der Waals surface area contributed by atoms with Crippen molar-refractivity contribution in [1.29, 1.82) is 0 Å². The minimum absolute atomic E-state index is 0.116. The quantitative estimate of drug-likeness (QED) is 0.760. The molecule has 0 aromatic heterocycles. The minimum atomic E-state index is -0.116. The van der Waals surface area contributed by atoms with Crippen LogP contribution in [0.3, 0.4) is 0 Å². The number of nitrogens with zero attached hydrogens (tertiary/aromatic N) is 1. The van der Waals surface area contributed by atoms with Gasteiger partial charge in [0.2, 0.25) is 11.7 Å². The fraction of sp³-hybridized carbons (Fsp3) is 0.435. The van der Waals surface area contributed by atoms with Gasteiger partial charge in [-0.05, 0) is 49.1 Å². The first-order chi connectivity index (χ1) is 14.0. The molecule has 3 rings (SSSR count). The summed E-state index contributed by atoms with van der Waals surface area (Å²) in [7, 11) is 4.67. The third-order valence-electron chi connectivity index (χ3n) is 5.44. The molecule has 6 heteroatoms. The lowest BCUT2D eigenvalue weighted by Crippen LogP contribution is -2.32. The van der Waals surface area contributed by atoms with Crippen LogP contribution in [-0.4, -0.2) is 40.3 Å². The van der Waals surface area contributed by atoms with Crippen LogP contribution in [-0.2, 0) is 11.2 Å². The highest BCUT2D eigenvalue weighted by Crippen LogP contribution is 2.40. The van der Waals surface area contributed by atoms with Crippen molar-refractivity contribution in [3.05, 3.63) is 42.0 Å². The molecule has 1 heterocycles. The molecular formula is C23H30N2O4. The first-order valence-electron chi connectivity index (χ1n) is 9.98. The summed E-state index contributed by atoms with van der Waals surface area (Å²) in [6, 6.07) is 11.7. The van der Waals surface area contributed by atoms with Crippen molar-refractivity contribution in [3.8, 4) is 17.2 Å². The average molecular weight is 399 g/mol. The van der Waals surface area contributed by atoms with Gasteiger partial charge in [-0.3, -0.25) is 4.79 Å². The second kappa shape index (κ2) is 9.54. The van der Waals surface area contributed by atoms with Gasteiger partial charge in [0.25, 0.3) is 0 Å². The zero-order valence-corrected chi connectivity index (χ0v) is 17.7. The number of ether oxygens (including phenoxy) is 3. The molecule has 6 nitrogen and oxygen atoms in total. The van der Waals surface area contributed by atoms with E-state index in [2.05, 4.69) is 29.3 Å². The van der Waals surface area contributed by atoms with Crippen LogP contribution in [0, 0.1) is 5.92 Å². The van der Waals surface area contributed by atoms with Gasteiger partial charge in [0.15, 0.2) is 11.5 Å². The molecule has 1 aliphatic rings. The van der Waals surface area contributed by atoms with Crippen molar-refractivity contribution in [3.63, 3.8) is 0 Å². The highest BCUT2D eigenvalue weighted by Gasteiger charge is 2.18. The molecule has 1 N–H and O–H groups in total. The second-order valence-electron chi connectivity index (χ2n) is 7.43. The first-order valence-corrected chi connectivity index (χ1v) is 9.98. The van der Waals surface area contributed by atoms with Gasteiger partial charge in [-0.2, -0.15) is 0 Å². The topological polar surface area (TPSA) is 60.0 Å². The monoisotopic (exact) mass is 398 g/mol.